The van der Waals surface area contributed by atoms with Gasteiger partial charge < -0.3 is 20.1 Å². The van der Waals surface area contributed by atoms with Gasteiger partial charge in [-0.05, 0) is 20.3 Å². The lowest BCUT2D eigenvalue weighted by Gasteiger charge is -2.19. The number of aryl methyl sites for hydroxylation is 2. The fraction of sp³-hybridized carbons (Fsp3) is 0.467. The number of amides is 2. The molecule has 2 aromatic rings. The Morgan fingerprint density at radius 2 is 2.13 bits per heavy atom. The lowest BCUT2D eigenvalue weighted by atomic mass is 10.0. The molecule has 0 bridgehead atoms. The summed E-state index contributed by atoms with van der Waals surface area (Å²) in [6.07, 6.45) is 3.73. The van der Waals surface area contributed by atoms with E-state index in [0.29, 0.717) is 17.3 Å². The topological polar surface area (TPSA) is 96.2 Å². The van der Waals surface area contributed by atoms with Crippen LogP contribution in [0.2, 0.25) is 0 Å². The van der Waals surface area contributed by atoms with E-state index in [1.165, 1.54) is 6.33 Å². The first kappa shape index (κ1) is 16.7. The largest absolute Gasteiger partial charge is 0.361 e. The summed E-state index contributed by atoms with van der Waals surface area (Å²) in [5, 5.41) is 9.67. The molecule has 8 heteroatoms. The summed E-state index contributed by atoms with van der Waals surface area (Å²) >= 11 is 0. The van der Waals surface area contributed by atoms with Crippen LogP contribution < -0.4 is 15.5 Å². The third kappa shape index (κ3) is 3.77. The van der Waals surface area contributed by atoms with Gasteiger partial charge in [0, 0.05) is 19.7 Å². The quantitative estimate of drug-likeness (QED) is 0.879. The van der Waals surface area contributed by atoms with Gasteiger partial charge in [-0.1, -0.05) is 12.1 Å². The number of carbonyl (C=O) groups excluding carboxylic acids is 1. The molecule has 0 aliphatic heterocycles. The standard InChI is InChI=1S/C15H22N6O2/c1-6-11(13-9(2)20-23-10(13)3)18-15(22)19-12-7-16-8-17-14(12)21(4)5/h7-8,11H,6H2,1-5H3,(H2,18,19,22). The van der Waals surface area contributed by atoms with Crippen molar-refractivity contribution in [3.63, 3.8) is 0 Å². The van der Waals surface area contributed by atoms with E-state index >= 15 is 0 Å². The molecule has 0 spiro atoms. The number of rotatable bonds is 5. The van der Waals surface area contributed by atoms with Crippen LogP contribution in [0.3, 0.4) is 0 Å². The number of urea groups is 1. The third-order valence-corrected chi connectivity index (χ3v) is 3.51. The van der Waals surface area contributed by atoms with E-state index in [2.05, 4.69) is 25.8 Å². The fourth-order valence-corrected chi connectivity index (χ4v) is 2.45. The molecule has 0 aliphatic rings. The molecule has 1 atom stereocenters. The van der Waals surface area contributed by atoms with Crippen molar-refractivity contribution in [2.45, 2.75) is 33.2 Å². The number of carbonyl (C=O) groups is 1. The number of hydrogen-bond acceptors (Lipinski definition) is 6. The highest BCUT2D eigenvalue weighted by atomic mass is 16.5. The van der Waals surface area contributed by atoms with Crippen LogP contribution >= 0.6 is 0 Å². The van der Waals surface area contributed by atoms with Crippen molar-refractivity contribution in [3.8, 4) is 0 Å². The minimum Gasteiger partial charge on any atom is -0.361 e. The zero-order chi connectivity index (χ0) is 17.0. The highest BCUT2D eigenvalue weighted by molar-refractivity contribution is 5.92. The smallest absolute Gasteiger partial charge is 0.319 e. The molecule has 2 rings (SSSR count). The van der Waals surface area contributed by atoms with Crippen molar-refractivity contribution in [1.29, 1.82) is 0 Å². The summed E-state index contributed by atoms with van der Waals surface area (Å²) in [5.41, 5.74) is 2.25. The molecule has 0 saturated carbocycles. The molecule has 0 aliphatic carbocycles. The summed E-state index contributed by atoms with van der Waals surface area (Å²) in [6.45, 7) is 5.70. The maximum absolute atomic E-state index is 12.3. The Labute approximate surface area is 135 Å². The number of nitrogens with zero attached hydrogens (tertiary/aromatic N) is 4. The molecule has 0 radical (unpaired) electrons. The molecule has 0 aromatic carbocycles. The Morgan fingerprint density at radius 3 is 2.70 bits per heavy atom. The number of aromatic nitrogens is 3. The minimum atomic E-state index is -0.324. The first-order chi connectivity index (χ1) is 10.9. The molecule has 23 heavy (non-hydrogen) atoms. The van der Waals surface area contributed by atoms with Gasteiger partial charge in [0.25, 0.3) is 0 Å². The molecular weight excluding hydrogens is 296 g/mol. The highest BCUT2D eigenvalue weighted by Crippen LogP contribution is 2.24. The number of hydrogen-bond donors (Lipinski definition) is 2. The summed E-state index contributed by atoms with van der Waals surface area (Å²) in [6, 6.07) is -0.497. The van der Waals surface area contributed by atoms with Crippen LogP contribution in [-0.4, -0.2) is 35.3 Å². The Balaban J connectivity index is 2.13. The molecule has 2 heterocycles. The van der Waals surface area contributed by atoms with Crippen molar-refractivity contribution in [2.75, 3.05) is 24.3 Å². The monoisotopic (exact) mass is 318 g/mol. The van der Waals surface area contributed by atoms with E-state index in [1.54, 1.807) is 6.20 Å². The van der Waals surface area contributed by atoms with Gasteiger partial charge in [-0.2, -0.15) is 0 Å². The zero-order valence-corrected chi connectivity index (χ0v) is 14.0. The highest BCUT2D eigenvalue weighted by Gasteiger charge is 2.21. The van der Waals surface area contributed by atoms with Crippen molar-refractivity contribution in [1.82, 2.24) is 20.4 Å². The van der Waals surface area contributed by atoms with Gasteiger partial charge in [-0.25, -0.2) is 14.8 Å². The van der Waals surface area contributed by atoms with Gasteiger partial charge in [-0.3, -0.25) is 0 Å². The van der Waals surface area contributed by atoms with Crippen LogP contribution in [0.1, 0.15) is 36.4 Å². The van der Waals surface area contributed by atoms with E-state index in [9.17, 15) is 4.79 Å². The predicted octanol–water partition coefficient (Wildman–Crippen LogP) is 2.42. The second-order valence-corrected chi connectivity index (χ2v) is 5.45. The molecule has 124 valence electrons. The average molecular weight is 318 g/mol. The van der Waals surface area contributed by atoms with E-state index < -0.39 is 0 Å². The van der Waals surface area contributed by atoms with Crippen molar-refractivity contribution in [3.05, 3.63) is 29.5 Å². The Hall–Kier alpha value is -2.64. The summed E-state index contributed by atoms with van der Waals surface area (Å²) in [5.74, 6) is 1.35. The van der Waals surface area contributed by atoms with Crippen LogP contribution in [0, 0.1) is 13.8 Å². The van der Waals surface area contributed by atoms with Gasteiger partial charge in [-0.15, -0.1) is 0 Å². The number of anilines is 2. The van der Waals surface area contributed by atoms with Gasteiger partial charge in [0.05, 0.1) is 17.9 Å². The average Bonchev–Trinajstić information content (AvgIpc) is 2.84. The van der Waals surface area contributed by atoms with E-state index in [4.69, 9.17) is 4.52 Å². The van der Waals surface area contributed by atoms with E-state index in [0.717, 1.165) is 17.7 Å². The molecule has 1 unspecified atom stereocenters. The Kier molecular flexibility index (Phi) is 5.15. The van der Waals surface area contributed by atoms with Crippen LogP contribution in [-0.2, 0) is 0 Å². The van der Waals surface area contributed by atoms with E-state index in [1.807, 2.05) is 39.8 Å². The van der Waals surface area contributed by atoms with Gasteiger partial charge in [0.15, 0.2) is 5.82 Å². The second kappa shape index (κ2) is 7.08. The van der Waals surface area contributed by atoms with Crippen LogP contribution in [0.4, 0.5) is 16.3 Å². The van der Waals surface area contributed by atoms with Gasteiger partial charge >= 0.3 is 6.03 Å². The SMILES string of the molecule is CCC(NC(=O)Nc1cncnc1N(C)C)c1c(C)noc1C. The minimum absolute atomic E-state index is 0.173. The van der Waals surface area contributed by atoms with Crippen molar-refractivity contribution in [2.24, 2.45) is 0 Å². The van der Waals surface area contributed by atoms with Crippen LogP contribution in [0.5, 0.6) is 0 Å². The first-order valence-electron chi connectivity index (χ1n) is 7.41. The summed E-state index contributed by atoms with van der Waals surface area (Å²) in [4.78, 5) is 22.2. The summed E-state index contributed by atoms with van der Waals surface area (Å²) in [7, 11) is 3.70. The maximum atomic E-state index is 12.3. The Morgan fingerprint density at radius 1 is 1.39 bits per heavy atom. The zero-order valence-electron chi connectivity index (χ0n) is 14.0. The lowest BCUT2D eigenvalue weighted by molar-refractivity contribution is 0.248. The van der Waals surface area contributed by atoms with Crippen molar-refractivity contribution < 1.29 is 9.32 Å². The van der Waals surface area contributed by atoms with Gasteiger partial charge in [0.2, 0.25) is 0 Å². The molecule has 2 aromatic heterocycles. The maximum Gasteiger partial charge on any atom is 0.319 e. The van der Waals surface area contributed by atoms with Crippen LogP contribution in [0.25, 0.3) is 0 Å². The van der Waals surface area contributed by atoms with E-state index in [-0.39, 0.29) is 12.1 Å². The second-order valence-electron chi connectivity index (χ2n) is 5.45. The molecule has 8 nitrogen and oxygen atoms in total. The Bertz CT molecular complexity index is 663. The van der Waals surface area contributed by atoms with Gasteiger partial charge in [0.1, 0.15) is 17.8 Å². The summed E-state index contributed by atoms with van der Waals surface area (Å²) < 4.78 is 5.18. The lowest BCUT2D eigenvalue weighted by Crippen LogP contribution is -2.33. The third-order valence-electron chi connectivity index (χ3n) is 3.51. The molecular formula is C15H22N6O2. The van der Waals surface area contributed by atoms with Crippen molar-refractivity contribution >= 4 is 17.5 Å². The fourth-order valence-electron chi connectivity index (χ4n) is 2.45. The normalized spacial score (nSPS) is 11.9. The first-order valence-corrected chi connectivity index (χ1v) is 7.41. The predicted molar refractivity (Wildman–Crippen MR) is 87.5 cm³/mol. The molecule has 2 N–H and O–H groups in total. The molecule has 2 amide bonds. The molecule has 0 saturated heterocycles. The molecule has 0 fully saturated rings. The number of nitrogens with one attached hydrogen (secondary N) is 2. The van der Waals surface area contributed by atoms with Crippen LogP contribution in [0.15, 0.2) is 17.0 Å².